The molecule has 0 fully saturated rings. The van der Waals surface area contributed by atoms with Crippen LogP contribution in [-0.4, -0.2) is 14.7 Å². The third kappa shape index (κ3) is 2.19. The van der Waals surface area contributed by atoms with E-state index in [1.165, 1.54) is 23.7 Å². The quantitative estimate of drug-likeness (QED) is 0.883. The molecule has 0 spiro atoms. The van der Waals surface area contributed by atoms with Crippen LogP contribution in [0.15, 0.2) is 22.7 Å². The van der Waals surface area contributed by atoms with Crippen molar-refractivity contribution in [2.24, 2.45) is 7.05 Å². The van der Waals surface area contributed by atoms with Crippen molar-refractivity contribution in [1.29, 1.82) is 0 Å². The predicted molar refractivity (Wildman–Crippen MR) is 51.8 cm³/mol. The maximum absolute atomic E-state index is 12.4. The Morgan fingerprint density at radius 3 is 2.59 bits per heavy atom. The first-order valence-corrected chi connectivity index (χ1v) is 4.72. The summed E-state index contributed by atoms with van der Waals surface area (Å²) in [6.07, 6.45) is -3.60. The standard InChI is InChI=1S/C10H9F3N2O2/c1-15-4-8(10(11,12)13)14-9(15)7-3-2-6(5-16)17-7/h2-4,16H,5H2,1H3. The zero-order valence-electron chi connectivity index (χ0n) is 8.82. The van der Waals surface area contributed by atoms with Gasteiger partial charge in [0, 0.05) is 13.2 Å². The summed E-state index contributed by atoms with van der Waals surface area (Å²) in [5.74, 6) is 0.528. The van der Waals surface area contributed by atoms with E-state index in [0.29, 0.717) is 0 Å². The van der Waals surface area contributed by atoms with Crippen LogP contribution in [0.25, 0.3) is 11.6 Å². The van der Waals surface area contributed by atoms with E-state index in [0.717, 1.165) is 6.20 Å². The molecule has 7 heteroatoms. The van der Waals surface area contributed by atoms with Gasteiger partial charge in [-0.15, -0.1) is 0 Å². The molecule has 17 heavy (non-hydrogen) atoms. The molecule has 0 aliphatic carbocycles. The lowest BCUT2D eigenvalue weighted by Crippen LogP contribution is -2.04. The van der Waals surface area contributed by atoms with Gasteiger partial charge in [-0.3, -0.25) is 0 Å². The minimum Gasteiger partial charge on any atom is -0.455 e. The van der Waals surface area contributed by atoms with E-state index < -0.39 is 11.9 Å². The van der Waals surface area contributed by atoms with E-state index >= 15 is 0 Å². The van der Waals surface area contributed by atoms with Crippen molar-refractivity contribution in [3.8, 4) is 11.6 Å². The molecule has 0 unspecified atom stereocenters. The van der Waals surface area contributed by atoms with Gasteiger partial charge in [0.2, 0.25) is 0 Å². The van der Waals surface area contributed by atoms with Crippen LogP contribution in [0, 0.1) is 0 Å². The Morgan fingerprint density at radius 1 is 1.41 bits per heavy atom. The van der Waals surface area contributed by atoms with Gasteiger partial charge in [0.05, 0.1) is 0 Å². The SMILES string of the molecule is Cn1cc(C(F)(F)F)nc1-c1ccc(CO)o1. The van der Waals surface area contributed by atoms with Crippen molar-refractivity contribution in [3.63, 3.8) is 0 Å². The first-order chi connectivity index (χ1) is 7.91. The smallest absolute Gasteiger partial charge is 0.434 e. The summed E-state index contributed by atoms with van der Waals surface area (Å²) >= 11 is 0. The minimum absolute atomic E-state index is 0.0667. The lowest BCUT2D eigenvalue weighted by atomic mass is 10.4. The zero-order chi connectivity index (χ0) is 12.6. The third-order valence-electron chi connectivity index (χ3n) is 2.20. The number of rotatable bonds is 2. The van der Waals surface area contributed by atoms with Crippen molar-refractivity contribution in [3.05, 3.63) is 29.8 Å². The zero-order valence-corrected chi connectivity index (χ0v) is 8.82. The molecule has 0 bridgehead atoms. The number of furan rings is 1. The molecule has 0 saturated carbocycles. The van der Waals surface area contributed by atoms with Crippen LogP contribution < -0.4 is 0 Å². The maximum Gasteiger partial charge on any atom is 0.434 e. The highest BCUT2D eigenvalue weighted by atomic mass is 19.4. The Kier molecular flexibility index (Phi) is 2.70. The van der Waals surface area contributed by atoms with Gasteiger partial charge in [0.15, 0.2) is 17.3 Å². The summed E-state index contributed by atoms with van der Waals surface area (Å²) in [7, 11) is 1.44. The van der Waals surface area contributed by atoms with Gasteiger partial charge < -0.3 is 14.1 Å². The molecule has 0 aliphatic rings. The fourth-order valence-corrected chi connectivity index (χ4v) is 1.41. The molecule has 0 amide bonds. The van der Waals surface area contributed by atoms with Gasteiger partial charge in [0.25, 0.3) is 0 Å². The van der Waals surface area contributed by atoms with Gasteiger partial charge in [-0.2, -0.15) is 13.2 Å². The molecule has 4 nitrogen and oxygen atoms in total. The summed E-state index contributed by atoms with van der Waals surface area (Å²) in [6.45, 7) is -0.309. The van der Waals surface area contributed by atoms with Crippen LogP contribution >= 0.6 is 0 Å². The Hall–Kier alpha value is -1.76. The normalized spacial score (nSPS) is 12.1. The second-order valence-electron chi connectivity index (χ2n) is 3.48. The number of aromatic nitrogens is 2. The van der Waals surface area contributed by atoms with E-state index in [-0.39, 0.29) is 24.0 Å². The first-order valence-electron chi connectivity index (χ1n) is 4.72. The number of hydrogen-bond acceptors (Lipinski definition) is 3. The number of nitrogens with zero attached hydrogens (tertiary/aromatic N) is 2. The Balaban J connectivity index is 2.42. The maximum atomic E-state index is 12.4. The van der Waals surface area contributed by atoms with Crippen molar-refractivity contribution < 1.29 is 22.7 Å². The third-order valence-corrected chi connectivity index (χ3v) is 2.20. The molecule has 0 radical (unpaired) electrons. The van der Waals surface area contributed by atoms with Crippen LogP contribution in [0.4, 0.5) is 13.2 Å². The van der Waals surface area contributed by atoms with Crippen molar-refractivity contribution in [2.75, 3.05) is 0 Å². The van der Waals surface area contributed by atoms with E-state index in [1.807, 2.05) is 0 Å². The van der Waals surface area contributed by atoms with Crippen LogP contribution in [0.3, 0.4) is 0 Å². The first kappa shape index (κ1) is 11.7. The molecule has 0 aromatic carbocycles. The molecule has 0 saturated heterocycles. The molecule has 2 rings (SSSR count). The second kappa shape index (κ2) is 3.92. The lowest BCUT2D eigenvalue weighted by Gasteiger charge is -1.99. The van der Waals surface area contributed by atoms with E-state index in [1.54, 1.807) is 0 Å². The van der Waals surface area contributed by atoms with Crippen LogP contribution in [0.5, 0.6) is 0 Å². The summed E-state index contributed by atoms with van der Waals surface area (Å²) in [5.41, 5.74) is -0.975. The highest BCUT2D eigenvalue weighted by molar-refractivity contribution is 5.48. The van der Waals surface area contributed by atoms with E-state index in [4.69, 9.17) is 9.52 Å². The summed E-state index contributed by atoms with van der Waals surface area (Å²) in [5, 5.41) is 8.80. The second-order valence-corrected chi connectivity index (χ2v) is 3.48. The van der Waals surface area contributed by atoms with E-state index in [2.05, 4.69) is 4.98 Å². The number of aliphatic hydroxyl groups excluding tert-OH is 1. The highest BCUT2D eigenvalue weighted by Gasteiger charge is 2.34. The molecule has 2 aromatic rings. The molecule has 0 atom stereocenters. The molecule has 1 N–H and O–H groups in total. The molecule has 0 aliphatic heterocycles. The van der Waals surface area contributed by atoms with Crippen LogP contribution in [0.2, 0.25) is 0 Å². The Bertz CT molecular complexity index is 528. The molecule has 92 valence electrons. The van der Waals surface area contributed by atoms with Crippen LogP contribution in [0.1, 0.15) is 11.5 Å². The number of alkyl halides is 3. The highest BCUT2D eigenvalue weighted by Crippen LogP contribution is 2.30. The van der Waals surface area contributed by atoms with Crippen molar-refractivity contribution in [2.45, 2.75) is 12.8 Å². The van der Waals surface area contributed by atoms with Gasteiger partial charge in [-0.25, -0.2) is 4.98 Å². The molecule has 2 heterocycles. The topological polar surface area (TPSA) is 51.2 Å². The predicted octanol–water partition coefficient (Wildman–Crippen LogP) is 2.19. The number of hydrogen-bond donors (Lipinski definition) is 1. The molecular weight excluding hydrogens is 237 g/mol. The van der Waals surface area contributed by atoms with Crippen LogP contribution in [-0.2, 0) is 19.8 Å². The summed E-state index contributed by atoms with van der Waals surface area (Å²) in [6, 6.07) is 2.95. The summed E-state index contributed by atoms with van der Waals surface area (Å²) < 4.78 is 43.6. The Labute approximate surface area is 94.3 Å². The average Bonchev–Trinajstić information content (AvgIpc) is 2.82. The van der Waals surface area contributed by atoms with Gasteiger partial charge >= 0.3 is 6.18 Å². The fraction of sp³-hybridized carbons (Fsp3) is 0.300. The largest absolute Gasteiger partial charge is 0.455 e. The average molecular weight is 246 g/mol. The van der Waals surface area contributed by atoms with Gasteiger partial charge in [-0.05, 0) is 12.1 Å². The Morgan fingerprint density at radius 2 is 2.12 bits per heavy atom. The van der Waals surface area contributed by atoms with Crippen molar-refractivity contribution >= 4 is 0 Å². The lowest BCUT2D eigenvalue weighted by molar-refractivity contribution is -0.140. The minimum atomic E-state index is -4.48. The van der Waals surface area contributed by atoms with Gasteiger partial charge in [-0.1, -0.05) is 0 Å². The number of halogens is 3. The molecule has 2 aromatic heterocycles. The molecular formula is C10H9F3N2O2. The van der Waals surface area contributed by atoms with E-state index in [9.17, 15) is 13.2 Å². The number of aliphatic hydroxyl groups is 1. The summed E-state index contributed by atoms with van der Waals surface area (Å²) in [4.78, 5) is 3.46. The fourth-order valence-electron chi connectivity index (χ4n) is 1.41. The van der Waals surface area contributed by atoms with Gasteiger partial charge in [0.1, 0.15) is 12.4 Å². The monoisotopic (exact) mass is 246 g/mol. The van der Waals surface area contributed by atoms with Crippen molar-refractivity contribution in [1.82, 2.24) is 9.55 Å². The number of imidazole rings is 1. The number of aryl methyl sites for hydroxylation is 1.